The minimum absolute atomic E-state index is 0.0531. The molecule has 6 heteroatoms. The third-order valence-corrected chi connectivity index (χ3v) is 3.85. The maximum Gasteiger partial charge on any atom is 0.254 e. The van der Waals surface area contributed by atoms with E-state index in [1.54, 1.807) is 31.1 Å². The minimum atomic E-state index is -0.435. The van der Waals surface area contributed by atoms with Gasteiger partial charge in [0.2, 0.25) is 5.91 Å². The van der Waals surface area contributed by atoms with E-state index in [0.717, 1.165) is 4.47 Å². The molecule has 1 aliphatic heterocycles. The van der Waals surface area contributed by atoms with Crippen LogP contribution < -0.4 is 5.32 Å². The number of likely N-dealkylation sites (N-methyl/N-ethyl adjacent to an activating group) is 1. The first-order chi connectivity index (χ1) is 9.50. The van der Waals surface area contributed by atoms with Crippen LogP contribution in [0.3, 0.4) is 0 Å². The number of carbonyl (C=O) groups is 2. The van der Waals surface area contributed by atoms with Gasteiger partial charge in [-0.25, -0.2) is 0 Å². The Morgan fingerprint density at radius 2 is 1.95 bits per heavy atom. The Bertz CT molecular complexity index is 502. The minimum Gasteiger partial charge on any atom is -0.347 e. The van der Waals surface area contributed by atoms with Gasteiger partial charge in [-0.3, -0.25) is 9.59 Å². The number of piperazine rings is 1. The quantitative estimate of drug-likeness (QED) is 0.872. The summed E-state index contributed by atoms with van der Waals surface area (Å²) in [5.41, 5.74) is 0.603. The summed E-state index contributed by atoms with van der Waals surface area (Å²) in [4.78, 5) is 27.9. The van der Waals surface area contributed by atoms with Crippen molar-refractivity contribution in [1.29, 1.82) is 0 Å². The normalized spacial score (nSPS) is 18.8. The summed E-state index contributed by atoms with van der Waals surface area (Å²) in [6.45, 7) is 1.75. The van der Waals surface area contributed by atoms with Crippen LogP contribution in [0.1, 0.15) is 10.4 Å². The average Bonchev–Trinajstić information content (AvgIpc) is 2.46. The molecule has 0 radical (unpaired) electrons. The second-order valence-corrected chi connectivity index (χ2v) is 5.87. The van der Waals surface area contributed by atoms with E-state index in [-0.39, 0.29) is 11.8 Å². The molecule has 5 nitrogen and oxygen atoms in total. The number of rotatable bonds is 2. The zero-order valence-electron chi connectivity index (χ0n) is 11.6. The number of halogens is 1. The maximum absolute atomic E-state index is 12.6. The van der Waals surface area contributed by atoms with Crippen molar-refractivity contribution in [2.24, 2.45) is 0 Å². The number of amides is 2. The average molecular weight is 340 g/mol. The van der Waals surface area contributed by atoms with Crippen molar-refractivity contribution in [1.82, 2.24) is 15.1 Å². The van der Waals surface area contributed by atoms with Crippen LogP contribution in [-0.2, 0) is 4.79 Å². The fourth-order valence-corrected chi connectivity index (χ4v) is 2.49. The lowest BCUT2D eigenvalue weighted by Crippen LogP contribution is -2.59. The van der Waals surface area contributed by atoms with Crippen LogP contribution in [0.2, 0.25) is 0 Å². The highest BCUT2D eigenvalue weighted by molar-refractivity contribution is 9.10. The number of carbonyl (C=O) groups excluding carboxylic acids is 2. The monoisotopic (exact) mass is 339 g/mol. The summed E-state index contributed by atoms with van der Waals surface area (Å²) >= 11 is 3.35. The van der Waals surface area contributed by atoms with Crippen LogP contribution in [0.5, 0.6) is 0 Å². The molecule has 1 heterocycles. The third kappa shape index (κ3) is 3.19. The summed E-state index contributed by atoms with van der Waals surface area (Å²) in [6.07, 6.45) is 0. The molecule has 1 saturated heterocycles. The fourth-order valence-electron chi connectivity index (χ4n) is 2.22. The lowest BCUT2D eigenvalue weighted by atomic mass is 10.1. The van der Waals surface area contributed by atoms with Gasteiger partial charge in [0.15, 0.2) is 0 Å². The second kappa shape index (κ2) is 6.37. The molecule has 20 heavy (non-hydrogen) atoms. The van der Waals surface area contributed by atoms with Gasteiger partial charge in [-0.15, -0.1) is 0 Å². The molecule has 0 aromatic heterocycles. The van der Waals surface area contributed by atoms with Gasteiger partial charge in [-0.1, -0.05) is 15.9 Å². The Labute approximate surface area is 127 Å². The first-order valence-corrected chi connectivity index (χ1v) is 7.28. The van der Waals surface area contributed by atoms with Gasteiger partial charge in [0.05, 0.1) is 0 Å². The maximum atomic E-state index is 12.6. The molecule has 108 valence electrons. The molecule has 1 aromatic rings. The van der Waals surface area contributed by atoms with Crippen molar-refractivity contribution in [3.05, 3.63) is 34.3 Å². The van der Waals surface area contributed by atoms with E-state index < -0.39 is 6.04 Å². The Balaban J connectivity index is 2.21. The van der Waals surface area contributed by atoms with Crippen LogP contribution in [0.15, 0.2) is 28.7 Å². The van der Waals surface area contributed by atoms with Crippen LogP contribution >= 0.6 is 15.9 Å². The van der Waals surface area contributed by atoms with Gasteiger partial charge in [0.1, 0.15) is 6.04 Å². The molecule has 1 N–H and O–H groups in total. The smallest absolute Gasteiger partial charge is 0.254 e. The highest BCUT2D eigenvalue weighted by atomic mass is 79.9. The molecular formula is C14H18BrN3O2. The largest absolute Gasteiger partial charge is 0.347 e. The first kappa shape index (κ1) is 15.0. The van der Waals surface area contributed by atoms with Gasteiger partial charge >= 0.3 is 0 Å². The van der Waals surface area contributed by atoms with Crippen LogP contribution in [0.4, 0.5) is 0 Å². The zero-order valence-corrected chi connectivity index (χ0v) is 13.2. The van der Waals surface area contributed by atoms with Crippen LogP contribution in [-0.4, -0.2) is 61.4 Å². The van der Waals surface area contributed by atoms with Crippen molar-refractivity contribution in [3.63, 3.8) is 0 Å². The van der Waals surface area contributed by atoms with Crippen LogP contribution in [0, 0.1) is 0 Å². The van der Waals surface area contributed by atoms with Crippen molar-refractivity contribution in [3.8, 4) is 0 Å². The molecule has 0 bridgehead atoms. The summed E-state index contributed by atoms with van der Waals surface area (Å²) in [6, 6.07) is 6.77. The number of nitrogens with zero attached hydrogens (tertiary/aromatic N) is 2. The van der Waals surface area contributed by atoms with E-state index in [9.17, 15) is 9.59 Å². The highest BCUT2D eigenvalue weighted by Gasteiger charge is 2.33. The highest BCUT2D eigenvalue weighted by Crippen LogP contribution is 2.15. The van der Waals surface area contributed by atoms with E-state index in [2.05, 4.69) is 21.2 Å². The van der Waals surface area contributed by atoms with E-state index in [1.165, 1.54) is 4.90 Å². The zero-order chi connectivity index (χ0) is 14.7. The van der Waals surface area contributed by atoms with Gasteiger partial charge in [-0.2, -0.15) is 0 Å². The number of nitrogens with one attached hydrogen (secondary N) is 1. The third-order valence-electron chi connectivity index (χ3n) is 3.32. The van der Waals surface area contributed by atoms with Crippen molar-refractivity contribution >= 4 is 27.7 Å². The van der Waals surface area contributed by atoms with E-state index in [4.69, 9.17) is 0 Å². The topological polar surface area (TPSA) is 52.7 Å². The molecule has 2 rings (SSSR count). The molecule has 1 fully saturated rings. The Morgan fingerprint density at radius 1 is 1.30 bits per heavy atom. The van der Waals surface area contributed by atoms with E-state index in [0.29, 0.717) is 25.2 Å². The summed E-state index contributed by atoms with van der Waals surface area (Å²) in [7, 11) is 3.42. The summed E-state index contributed by atoms with van der Waals surface area (Å²) in [5, 5.41) is 3.17. The first-order valence-electron chi connectivity index (χ1n) is 6.49. The molecular weight excluding hydrogens is 322 g/mol. The van der Waals surface area contributed by atoms with E-state index in [1.807, 2.05) is 12.1 Å². The molecule has 0 aliphatic carbocycles. The van der Waals surface area contributed by atoms with Crippen molar-refractivity contribution < 1.29 is 9.59 Å². The van der Waals surface area contributed by atoms with Gasteiger partial charge in [-0.05, 0) is 24.3 Å². The number of benzene rings is 1. The summed E-state index contributed by atoms with van der Waals surface area (Å²) in [5.74, 6) is -0.151. The van der Waals surface area contributed by atoms with Gasteiger partial charge < -0.3 is 15.1 Å². The number of hydrogen-bond acceptors (Lipinski definition) is 3. The lowest BCUT2D eigenvalue weighted by Gasteiger charge is -2.36. The molecule has 1 unspecified atom stereocenters. The van der Waals surface area contributed by atoms with Crippen LogP contribution in [0.25, 0.3) is 0 Å². The Morgan fingerprint density at radius 3 is 2.55 bits per heavy atom. The van der Waals surface area contributed by atoms with E-state index >= 15 is 0 Å². The summed E-state index contributed by atoms with van der Waals surface area (Å²) < 4.78 is 0.926. The lowest BCUT2D eigenvalue weighted by molar-refractivity contribution is -0.134. The molecule has 1 atom stereocenters. The molecule has 2 amide bonds. The number of hydrogen-bond donors (Lipinski definition) is 1. The molecule has 0 spiro atoms. The van der Waals surface area contributed by atoms with Gasteiger partial charge in [0, 0.05) is 43.8 Å². The SMILES string of the molecule is CN(C)C(=O)C1CNCCN1C(=O)c1ccc(Br)cc1. The predicted molar refractivity (Wildman–Crippen MR) is 80.5 cm³/mol. The standard InChI is InChI=1S/C14H18BrN3O2/c1-17(2)14(20)12-9-16-7-8-18(12)13(19)10-3-5-11(15)6-4-10/h3-6,12,16H,7-9H2,1-2H3. The second-order valence-electron chi connectivity index (χ2n) is 4.96. The Hall–Kier alpha value is -1.40. The predicted octanol–water partition coefficient (Wildman–Crippen LogP) is 0.951. The van der Waals surface area contributed by atoms with Crippen molar-refractivity contribution in [2.75, 3.05) is 33.7 Å². The molecule has 1 aromatic carbocycles. The molecule has 0 saturated carbocycles. The Kier molecular flexibility index (Phi) is 4.77. The fraction of sp³-hybridized carbons (Fsp3) is 0.429. The van der Waals surface area contributed by atoms with Gasteiger partial charge in [0.25, 0.3) is 5.91 Å². The molecule has 1 aliphatic rings. The van der Waals surface area contributed by atoms with Crippen molar-refractivity contribution in [2.45, 2.75) is 6.04 Å².